The highest BCUT2D eigenvalue weighted by molar-refractivity contribution is 7.92. The maximum absolute atomic E-state index is 13.0. The van der Waals surface area contributed by atoms with Crippen molar-refractivity contribution in [3.05, 3.63) is 52.0 Å². The number of nitrogens with one attached hydrogen (secondary N) is 1. The third-order valence-corrected chi connectivity index (χ3v) is 5.73. The minimum Gasteiger partial charge on any atom is -0.476 e. The number of alkyl halides is 3. The van der Waals surface area contributed by atoms with Crippen LogP contribution in [0.3, 0.4) is 0 Å². The monoisotopic (exact) mass is 468 g/mol. The van der Waals surface area contributed by atoms with Crippen LogP contribution in [0.2, 0.25) is 10.0 Å². The predicted octanol–water partition coefficient (Wildman–Crippen LogP) is 4.18. The summed E-state index contributed by atoms with van der Waals surface area (Å²) in [7, 11) is -3.78. The number of halogens is 5. The summed E-state index contributed by atoms with van der Waals surface area (Å²) in [5.74, 6) is -0.729. The van der Waals surface area contributed by atoms with Crippen molar-refractivity contribution in [1.82, 2.24) is 0 Å². The Labute approximate surface area is 174 Å². The number of ether oxygens (including phenoxy) is 1. The van der Waals surface area contributed by atoms with E-state index >= 15 is 0 Å². The smallest absolute Gasteiger partial charge is 0.417 e. The Hall–Kier alpha value is -2.17. The number of sulfonamides is 1. The predicted molar refractivity (Wildman–Crippen MR) is 103 cm³/mol. The molecule has 1 atom stereocenters. The molecule has 1 amide bonds. The number of fused-ring (bicyclic) bond motifs is 1. The first-order valence-corrected chi connectivity index (χ1v) is 10.6. The first-order chi connectivity index (χ1) is 13.4. The summed E-state index contributed by atoms with van der Waals surface area (Å²) in [6.07, 6.45) is -5.06. The highest BCUT2D eigenvalue weighted by Crippen LogP contribution is 2.38. The summed E-state index contributed by atoms with van der Waals surface area (Å²) in [4.78, 5) is 12.6. The lowest BCUT2D eigenvalue weighted by Crippen LogP contribution is -2.48. The Balaban J connectivity index is 1.88. The van der Waals surface area contributed by atoms with Crippen LogP contribution >= 0.6 is 23.2 Å². The van der Waals surface area contributed by atoms with Crippen molar-refractivity contribution in [2.24, 2.45) is 0 Å². The zero-order valence-corrected chi connectivity index (χ0v) is 17.0. The van der Waals surface area contributed by atoms with Crippen molar-refractivity contribution in [1.29, 1.82) is 0 Å². The second kappa shape index (κ2) is 7.58. The van der Waals surface area contributed by atoms with Gasteiger partial charge in [-0.15, -0.1) is 0 Å². The summed E-state index contributed by atoms with van der Waals surface area (Å²) in [6, 6.07) is 7.11. The molecule has 0 aromatic heterocycles. The largest absolute Gasteiger partial charge is 0.476 e. The van der Waals surface area contributed by atoms with Crippen LogP contribution < -0.4 is 14.4 Å². The van der Waals surface area contributed by atoms with Gasteiger partial charge in [-0.3, -0.25) is 9.10 Å². The summed E-state index contributed by atoms with van der Waals surface area (Å²) in [6.45, 7) is -0.377. The fraction of sp³-hybridized carbons (Fsp3) is 0.235. The molecule has 0 saturated heterocycles. The molecule has 0 aliphatic carbocycles. The number of carbonyl (C=O) groups excluding carboxylic acids is 1. The molecule has 0 bridgehead atoms. The Kier molecular flexibility index (Phi) is 5.63. The van der Waals surface area contributed by atoms with E-state index in [0.29, 0.717) is 6.07 Å². The van der Waals surface area contributed by atoms with Gasteiger partial charge >= 0.3 is 6.18 Å². The molecular weight excluding hydrogens is 456 g/mol. The van der Waals surface area contributed by atoms with Crippen molar-refractivity contribution >= 4 is 50.5 Å². The van der Waals surface area contributed by atoms with Crippen LogP contribution in [0.15, 0.2) is 36.4 Å². The normalized spacial score (nSPS) is 16.8. The van der Waals surface area contributed by atoms with Crippen molar-refractivity contribution in [3.8, 4) is 5.75 Å². The van der Waals surface area contributed by atoms with E-state index in [2.05, 4.69) is 5.32 Å². The van der Waals surface area contributed by atoms with Crippen LogP contribution in [-0.2, 0) is 21.0 Å². The summed E-state index contributed by atoms with van der Waals surface area (Å²) in [5, 5.41) is 2.05. The van der Waals surface area contributed by atoms with Crippen molar-refractivity contribution in [3.63, 3.8) is 0 Å². The minimum atomic E-state index is -4.70. The van der Waals surface area contributed by atoms with Gasteiger partial charge in [-0.25, -0.2) is 8.42 Å². The van der Waals surface area contributed by atoms with E-state index in [1.165, 1.54) is 24.3 Å². The summed E-state index contributed by atoms with van der Waals surface area (Å²) in [5.41, 5.74) is -1.11. The molecule has 1 aliphatic heterocycles. The molecule has 12 heteroatoms. The molecule has 0 fully saturated rings. The molecule has 156 valence electrons. The van der Waals surface area contributed by atoms with Crippen molar-refractivity contribution < 1.29 is 31.1 Å². The number of carbonyl (C=O) groups is 1. The number of hydrogen-bond donors (Lipinski definition) is 1. The number of benzene rings is 2. The van der Waals surface area contributed by atoms with Gasteiger partial charge in [-0.05, 0) is 36.4 Å². The molecule has 1 heterocycles. The zero-order valence-electron chi connectivity index (χ0n) is 14.6. The maximum atomic E-state index is 13.0. The second-order valence-electron chi connectivity index (χ2n) is 6.19. The van der Waals surface area contributed by atoms with Gasteiger partial charge < -0.3 is 10.1 Å². The molecule has 2 aromatic carbocycles. The fourth-order valence-electron chi connectivity index (χ4n) is 2.72. The topological polar surface area (TPSA) is 75.7 Å². The van der Waals surface area contributed by atoms with Crippen molar-refractivity contribution in [2.45, 2.75) is 12.3 Å². The van der Waals surface area contributed by atoms with Crippen LogP contribution in [0.1, 0.15) is 5.56 Å². The van der Waals surface area contributed by atoms with Gasteiger partial charge in [0, 0.05) is 10.7 Å². The van der Waals surface area contributed by atoms with E-state index in [0.717, 1.165) is 16.6 Å². The van der Waals surface area contributed by atoms with E-state index in [1.807, 2.05) is 0 Å². The first-order valence-electron chi connectivity index (χ1n) is 7.98. The molecule has 2 aromatic rings. The molecule has 0 saturated carbocycles. The summed E-state index contributed by atoms with van der Waals surface area (Å²) >= 11 is 11.5. The standard InChI is InChI=1S/C17H13Cl2F3N2O4S/c1-29(26,27)24-8-15(28-14-5-2-9(18)6-13(14)24)16(25)23-10-3-4-12(19)11(7-10)17(20,21)22/h2-7,15H,8H2,1H3,(H,23,25)/t15-/m0/s1. The zero-order chi connectivity index (χ0) is 21.6. The SMILES string of the molecule is CS(=O)(=O)N1C[C@@H](C(=O)Nc2ccc(Cl)c(C(F)(F)F)c2)Oc2ccc(Cl)cc21. The third kappa shape index (κ3) is 4.71. The van der Waals surface area contributed by atoms with Crippen molar-refractivity contribution in [2.75, 3.05) is 22.4 Å². The number of hydrogen-bond acceptors (Lipinski definition) is 4. The Morgan fingerprint density at radius 3 is 2.52 bits per heavy atom. The molecule has 1 N–H and O–H groups in total. The summed E-state index contributed by atoms with van der Waals surface area (Å²) < 4.78 is 69.7. The van der Waals surface area contributed by atoms with E-state index in [-0.39, 0.29) is 28.7 Å². The Morgan fingerprint density at radius 1 is 1.21 bits per heavy atom. The molecule has 0 radical (unpaired) electrons. The van der Waals surface area contributed by atoms with Gasteiger partial charge in [0.2, 0.25) is 10.0 Å². The van der Waals surface area contributed by atoms with E-state index in [9.17, 15) is 26.4 Å². The molecule has 6 nitrogen and oxygen atoms in total. The molecule has 0 spiro atoms. The van der Waals surface area contributed by atoms with Gasteiger partial charge in [-0.2, -0.15) is 13.2 Å². The lowest BCUT2D eigenvalue weighted by atomic mass is 10.1. The molecule has 29 heavy (non-hydrogen) atoms. The average molecular weight is 469 g/mol. The highest BCUT2D eigenvalue weighted by atomic mass is 35.5. The quantitative estimate of drug-likeness (QED) is 0.732. The van der Waals surface area contributed by atoms with Gasteiger partial charge in [0.1, 0.15) is 5.75 Å². The number of rotatable bonds is 3. The Bertz CT molecular complexity index is 1080. The molecule has 1 aliphatic rings. The first kappa shape index (κ1) is 21.5. The second-order valence-corrected chi connectivity index (χ2v) is 8.94. The molecule has 3 rings (SSSR count). The van der Waals surface area contributed by atoms with Crippen LogP contribution in [0, 0.1) is 0 Å². The van der Waals surface area contributed by atoms with Gasteiger partial charge in [-0.1, -0.05) is 23.2 Å². The van der Waals surface area contributed by atoms with Crippen LogP contribution in [-0.4, -0.2) is 33.2 Å². The van der Waals surface area contributed by atoms with E-state index in [4.69, 9.17) is 27.9 Å². The van der Waals surface area contributed by atoms with Gasteiger partial charge in [0.15, 0.2) is 6.10 Å². The number of amides is 1. The van der Waals surface area contributed by atoms with E-state index in [1.54, 1.807) is 0 Å². The highest BCUT2D eigenvalue weighted by Gasteiger charge is 2.36. The number of anilines is 2. The lowest BCUT2D eigenvalue weighted by molar-refractivity contribution is -0.137. The third-order valence-electron chi connectivity index (χ3n) is 4.02. The minimum absolute atomic E-state index is 0.0957. The number of nitrogens with zero attached hydrogens (tertiary/aromatic N) is 1. The Morgan fingerprint density at radius 2 is 1.90 bits per heavy atom. The maximum Gasteiger partial charge on any atom is 0.417 e. The van der Waals surface area contributed by atoms with Crippen LogP contribution in [0.5, 0.6) is 5.75 Å². The van der Waals surface area contributed by atoms with E-state index < -0.39 is 38.8 Å². The molecule has 0 unspecified atom stereocenters. The van der Waals surface area contributed by atoms with Crippen LogP contribution in [0.4, 0.5) is 24.5 Å². The van der Waals surface area contributed by atoms with Crippen LogP contribution in [0.25, 0.3) is 0 Å². The lowest BCUT2D eigenvalue weighted by Gasteiger charge is -2.34. The average Bonchev–Trinajstić information content (AvgIpc) is 2.60. The molecular formula is C17H13Cl2F3N2O4S. The van der Waals surface area contributed by atoms with Gasteiger partial charge in [0.25, 0.3) is 5.91 Å². The van der Waals surface area contributed by atoms with Gasteiger partial charge in [0.05, 0.1) is 29.1 Å². The fourth-order valence-corrected chi connectivity index (χ4v) is 4.02.